The number of hydrogen-bond acceptors (Lipinski definition) is 2. The van der Waals surface area contributed by atoms with E-state index in [0.29, 0.717) is 18.4 Å². The predicted octanol–water partition coefficient (Wildman–Crippen LogP) is 1.00. The van der Waals surface area contributed by atoms with Crippen LogP contribution in [0, 0.1) is 17.8 Å². The second kappa shape index (κ2) is 4.18. The Morgan fingerprint density at radius 2 is 2.29 bits per heavy atom. The monoisotopic (exact) mass is 233 g/mol. The molecule has 1 heterocycles. The van der Waals surface area contributed by atoms with Gasteiger partial charge in [0, 0.05) is 25.0 Å². The van der Waals surface area contributed by atoms with Gasteiger partial charge in [0.2, 0.25) is 5.91 Å². The van der Waals surface area contributed by atoms with E-state index in [2.05, 4.69) is 10.3 Å². The van der Waals surface area contributed by atoms with E-state index in [9.17, 15) is 4.79 Å². The van der Waals surface area contributed by atoms with Crippen LogP contribution in [0.3, 0.4) is 0 Å². The normalized spacial score (nSPS) is 35.1. The molecule has 2 aliphatic rings. The number of carbonyl (C=O) groups is 1. The van der Waals surface area contributed by atoms with Crippen molar-refractivity contribution in [3.63, 3.8) is 0 Å². The zero-order chi connectivity index (χ0) is 11.8. The van der Waals surface area contributed by atoms with E-state index in [1.54, 1.807) is 0 Å². The van der Waals surface area contributed by atoms with E-state index >= 15 is 0 Å². The fourth-order valence-electron chi connectivity index (χ4n) is 3.50. The summed E-state index contributed by atoms with van der Waals surface area (Å²) in [6.07, 6.45) is 7.32. The predicted molar refractivity (Wildman–Crippen MR) is 64.9 cm³/mol. The van der Waals surface area contributed by atoms with E-state index in [1.165, 1.54) is 12.8 Å². The first kappa shape index (κ1) is 10.8. The molecule has 92 valence electrons. The second-order valence-corrected chi connectivity index (χ2v) is 5.37. The summed E-state index contributed by atoms with van der Waals surface area (Å²) in [6, 6.07) is 2.06. The van der Waals surface area contributed by atoms with Crippen molar-refractivity contribution in [2.24, 2.45) is 23.5 Å². The van der Waals surface area contributed by atoms with Crippen molar-refractivity contribution >= 4 is 5.91 Å². The third-order valence-corrected chi connectivity index (χ3v) is 4.41. The molecule has 4 heteroatoms. The fourth-order valence-corrected chi connectivity index (χ4v) is 3.50. The second-order valence-electron chi connectivity index (χ2n) is 5.37. The van der Waals surface area contributed by atoms with Gasteiger partial charge in [0.15, 0.2) is 0 Å². The molecule has 0 aromatic carbocycles. The lowest BCUT2D eigenvalue weighted by Gasteiger charge is -2.26. The highest BCUT2D eigenvalue weighted by molar-refractivity contribution is 5.80. The molecule has 0 aliphatic heterocycles. The Morgan fingerprint density at radius 3 is 2.94 bits per heavy atom. The molecule has 4 nitrogen and oxygen atoms in total. The SMILES string of the molecule is NC1C2CCC(C2)C1C(=O)NCc1cc[nH]c1. The lowest BCUT2D eigenvalue weighted by molar-refractivity contribution is -0.127. The minimum absolute atomic E-state index is 0.0488. The Hall–Kier alpha value is -1.29. The minimum Gasteiger partial charge on any atom is -0.367 e. The number of H-pyrrole nitrogens is 1. The van der Waals surface area contributed by atoms with Crippen molar-refractivity contribution in [1.29, 1.82) is 0 Å². The van der Waals surface area contributed by atoms with E-state index in [4.69, 9.17) is 5.73 Å². The molecule has 0 radical (unpaired) electrons. The van der Waals surface area contributed by atoms with Crippen LogP contribution in [-0.2, 0) is 11.3 Å². The van der Waals surface area contributed by atoms with Crippen LogP contribution in [0.25, 0.3) is 0 Å². The van der Waals surface area contributed by atoms with Crippen LogP contribution in [0.5, 0.6) is 0 Å². The van der Waals surface area contributed by atoms with Crippen molar-refractivity contribution < 1.29 is 4.79 Å². The van der Waals surface area contributed by atoms with Crippen molar-refractivity contribution in [3.05, 3.63) is 24.0 Å². The van der Waals surface area contributed by atoms with Crippen molar-refractivity contribution in [1.82, 2.24) is 10.3 Å². The first-order valence-electron chi connectivity index (χ1n) is 6.40. The molecule has 1 aromatic rings. The molecule has 0 spiro atoms. The molecule has 4 unspecified atom stereocenters. The summed E-state index contributed by atoms with van der Waals surface area (Å²) in [4.78, 5) is 15.1. The molecule has 4 atom stereocenters. The van der Waals surface area contributed by atoms with Gasteiger partial charge in [-0.15, -0.1) is 0 Å². The zero-order valence-corrected chi connectivity index (χ0v) is 9.86. The molecular formula is C13H19N3O. The number of nitrogens with two attached hydrogens (primary N) is 1. The third kappa shape index (κ3) is 1.86. The van der Waals surface area contributed by atoms with Gasteiger partial charge in [0.1, 0.15) is 0 Å². The van der Waals surface area contributed by atoms with Crippen molar-refractivity contribution in [2.45, 2.75) is 31.8 Å². The summed E-state index contributed by atoms with van der Waals surface area (Å²) in [5.74, 6) is 1.31. The maximum absolute atomic E-state index is 12.1. The van der Waals surface area contributed by atoms with Gasteiger partial charge in [0.05, 0.1) is 5.92 Å². The number of nitrogens with one attached hydrogen (secondary N) is 2. The summed E-state index contributed by atoms with van der Waals surface area (Å²) in [7, 11) is 0. The molecule has 1 aromatic heterocycles. The summed E-state index contributed by atoms with van der Waals surface area (Å²) < 4.78 is 0. The Kier molecular flexibility index (Phi) is 2.67. The molecule has 2 aliphatic carbocycles. The van der Waals surface area contributed by atoms with Gasteiger partial charge >= 0.3 is 0 Å². The van der Waals surface area contributed by atoms with Crippen LogP contribution in [-0.4, -0.2) is 16.9 Å². The topological polar surface area (TPSA) is 70.9 Å². The number of hydrogen-bond donors (Lipinski definition) is 3. The molecular weight excluding hydrogens is 214 g/mol. The molecule has 0 saturated heterocycles. The molecule has 17 heavy (non-hydrogen) atoms. The minimum atomic E-state index is 0.0488. The summed E-state index contributed by atoms with van der Waals surface area (Å²) in [6.45, 7) is 0.600. The maximum atomic E-state index is 12.1. The molecule has 2 bridgehead atoms. The number of amides is 1. The molecule has 3 rings (SSSR count). The average Bonchev–Trinajstić information content (AvgIpc) is 3.02. The standard InChI is InChI=1S/C13H19N3O/c14-12-10-2-1-9(5-10)11(12)13(17)16-7-8-3-4-15-6-8/h3-4,6,9-12,15H,1-2,5,7,14H2,(H,16,17). The number of aromatic nitrogens is 1. The molecule has 2 fully saturated rings. The smallest absolute Gasteiger partial charge is 0.225 e. The zero-order valence-electron chi connectivity index (χ0n) is 9.86. The van der Waals surface area contributed by atoms with Gasteiger partial charge in [-0.25, -0.2) is 0 Å². The van der Waals surface area contributed by atoms with Crippen LogP contribution in [0.1, 0.15) is 24.8 Å². The fraction of sp³-hybridized carbons (Fsp3) is 0.615. The van der Waals surface area contributed by atoms with Crippen molar-refractivity contribution in [3.8, 4) is 0 Å². The van der Waals surface area contributed by atoms with E-state index < -0.39 is 0 Å². The third-order valence-electron chi connectivity index (χ3n) is 4.41. The Balaban J connectivity index is 1.59. The summed E-state index contributed by atoms with van der Waals surface area (Å²) >= 11 is 0. The van der Waals surface area contributed by atoms with E-state index in [0.717, 1.165) is 12.0 Å². The van der Waals surface area contributed by atoms with Gasteiger partial charge in [-0.2, -0.15) is 0 Å². The van der Waals surface area contributed by atoms with Gasteiger partial charge in [-0.05, 0) is 42.7 Å². The van der Waals surface area contributed by atoms with Crippen LogP contribution in [0.15, 0.2) is 18.5 Å². The van der Waals surface area contributed by atoms with Gasteiger partial charge in [-0.1, -0.05) is 0 Å². The lowest BCUT2D eigenvalue weighted by Crippen LogP contribution is -2.45. The van der Waals surface area contributed by atoms with E-state index in [-0.39, 0.29) is 17.9 Å². The van der Waals surface area contributed by atoms with Crippen LogP contribution in [0.4, 0.5) is 0 Å². The van der Waals surface area contributed by atoms with Gasteiger partial charge in [0.25, 0.3) is 0 Å². The average molecular weight is 233 g/mol. The first-order valence-corrected chi connectivity index (χ1v) is 6.40. The lowest BCUT2D eigenvalue weighted by atomic mass is 9.84. The molecule has 1 amide bonds. The Labute approximate surface area is 101 Å². The molecule has 2 saturated carbocycles. The van der Waals surface area contributed by atoms with Crippen LogP contribution in [0.2, 0.25) is 0 Å². The van der Waals surface area contributed by atoms with Crippen LogP contribution < -0.4 is 11.1 Å². The first-order chi connectivity index (χ1) is 8.25. The molecule has 4 N–H and O–H groups in total. The summed E-state index contributed by atoms with van der Waals surface area (Å²) in [5.41, 5.74) is 7.25. The number of rotatable bonds is 3. The van der Waals surface area contributed by atoms with Crippen LogP contribution >= 0.6 is 0 Å². The summed E-state index contributed by atoms with van der Waals surface area (Å²) in [5, 5.41) is 3.00. The van der Waals surface area contributed by atoms with Gasteiger partial charge < -0.3 is 16.0 Å². The highest BCUT2D eigenvalue weighted by atomic mass is 16.1. The number of carbonyl (C=O) groups excluding carboxylic acids is 1. The number of aromatic amines is 1. The Bertz CT molecular complexity index is 399. The number of fused-ring (bicyclic) bond motifs is 2. The highest BCUT2D eigenvalue weighted by Gasteiger charge is 2.48. The Morgan fingerprint density at radius 1 is 1.47 bits per heavy atom. The quantitative estimate of drug-likeness (QED) is 0.729. The van der Waals surface area contributed by atoms with Crippen molar-refractivity contribution in [2.75, 3.05) is 0 Å². The largest absolute Gasteiger partial charge is 0.367 e. The maximum Gasteiger partial charge on any atom is 0.225 e. The highest BCUT2D eigenvalue weighted by Crippen LogP contribution is 2.47. The van der Waals surface area contributed by atoms with Gasteiger partial charge in [-0.3, -0.25) is 4.79 Å². The van der Waals surface area contributed by atoms with E-state index in [1.807, 2.05) is 18.5 Å².